The van der Waals surface area contributed by atoms with Crippen LogP contribution in [0.25, 0.3) is 10.8 Å². The number of guanidine groups is 1. The van der Waals surface area contributed by atoms with Gasteiger partial charge in [-0.1, -0.05) is 88.7 Å². The Hall–Kier alpha value is -8.08. The van der Waals surface area contributed by atoms with Gasteiger partial charge in [-0.05, 0) is 78.6 Å². The molecule has 0 bridgehead atoms. The number of fused-ring (bicyclic) bond motifs is 1. The van der Waals surface area contributed by atoms with E-state index in [0.29, 0.717) is 36.1 Å². The minimum atomic E-state index is -1.36. The summed E-state index contributed by atoms with van der Waals surface area (Å²) in [5.74, 6) is -7.18. The number of carboxylic acid groups (broad SMARTS) is 1. The molecule has 0 aliphatic carbocycles. The van der Waals surface area contributed by atoms with E-state index >= 15 is 0 Å². The van der Waals surface area contributed by atoms with E-state index in [4.69, 9.17) is 11.5 Å². The molecule has 410 valence electrons. The van der Waals surface area contributed by atoms with Crippen LogP contribution in [0.5, 0.6) is 5.75 Å². The highest BCUT2D eigenvalue weighted by atomic mass is 16.4. The first-order chi connectivity index (χ1) is 36.3. The minimum Gasteiger partial charge on any atom is -0.508 e. The number of nitrogens with one attached hydrogen (secondary N) is 8. The van der Waals surface area contributed by atoms with E-state index in [9.17, 15) is 48.6 Å². The van der Waals surface area contributed by atoms with Gasteiger partial charge in [-0.15, -0.1) is 0 Å². The third-order valence-electron chi connectivity index (χ3n) is 13.3. The zero-order valence-corrected chi connectivity index (χ0v) is 43.6. The molecule has 1 aliphatic rings. The van der Waals surface area contributed by atoms with Crippen LogP contribution in [0.3, 0.4) is 0 Å². The van der Waals surface area contributed by atoms with Crippen molar-refractivity contribution in [3.05, 3.63) is 96.1 Å². The molecule has 76 heavy (non-hydrogen) atoms. The second kappa shape index (κ2) is 28.6. The van der Waals surface area contributed by atoms with Gasteiger partial charge < -0.3 is 68.8 Å². The lowest BCUT2D eigenvalue weighted by Crippen LogP contribution is -2.62. The molecule has 1 fully saturated rings. The Morgan fingerprint density at radius 1 is 0.763 bits per heavy atom. The maximum Gasteiger partial charge on any atom is 0.326 e. The number of aliphatic imine (C=N–C) groups is 1. The van der Waals surface area contributed by atoms with E-state index in [1.807, 2.05) is 43.3 Å². The Bertz CT molecular complexity index is 2660. The van der Waals surface area contributed by atoms with Gasteiger partial charge in [-0.3, -0.25) is 38.6 Å². The molecule has 0 radical (unpaired) electrons. The number of likely N-dealkylation sites (N-methyl/N-ethyl adjacent to an activating group) is 1. The van der Waals surface area contributed by atoms with Crippen LogP contribution in [0, 0.1) is 11.8 Å². The van der Waals surface area contributed by atoms with Gasteiger partial charge in [0.25, 0.3) is 0 Å². The van der Waals surface area contributed by atoms with Crippen molar-refractivity contribution in [1.29, 1.82) is 0 Å². The third kappa shape index (κ3) is 17.2. The van der Waals surface area contributed by atoms with Crippen molar-refractivity contribution in [3.8, 4) is 5.75 Å². The maximum atomic E-state index is 14.7. The summed E-state index contributed by atoms with van der Waals surface area (Å²) in [6.45, 7) is 7.15. The third-order valence-corrected chi connectivity index (χ3v) is 13.3. The number of H-pyrrole nitrogens is 1. The molecule has 7 amide bonds. The topological polar surface area (TPSA) is 358 Å². The van der Waals surface area contributed by atoms with E-state index in [1.54, 1.807) is 46.0 Å². The highest BCUT2D eigenvalue weighted by Gasteiger charge is 2.41. The first-order valence-corrected chi connectivity index (χ1v) is 25.6. The summed E-state index contributed by atoms with van der Waals surface area (Å²) in [5.41, 5.74) is 12.6. The average molecular weight is 1050 g/mol. The predicted molar refractivity (Wildman–Crippen MR) is 284 cm³/mol. The lowest BCUT2D eigenvalue weighted by molar-refractivity contribution is -0.145. The van der Waals surface area contributed by atoms with Gasteiger partial charge in [0.1, 0.15) is 48.0 Å². The van der Waals surface area contributed by atoms with Crippen LogP contribution in [0.4, 0.5) is 0 Å². The summed E-state index contributed by atoms with van der Waals surface area (Å²) in [5, 5.41) is 41.3. The fraction of sp³-hybridized carbons (Fsp3) is 0.472. The van der Waals surface area contributed by atoms with Gasteiger partial charge in [0.15, 0.2) is 5.96 Å². The lowest BCUT2D eigenvalue weighted by atomic mass is 9.96. The molecule has 3 aromatic carbocycles. The number of aromatic hydroxyl groups is 1. The van der Waals surface area contributed by atoms with Crippen molar-refractivity contribution in [2.75, 3.05) is 26.7 Å². The number of rotatable bonds is 28. The van der Waals surface area contributed by atoms with E-state index in [2.05, 4.69) is 52.2 Å². The molecule has 23 nitrogen and oxygen atoms in total. The zero-order chi connectivity index (χ0) is 55.5. The molecular formula is C53H73N13O10. The standard InChI is InChI=1S/C53H73N13O10/c1-6-31(4)45(65-47(70)39(24-32-16-19-37(67)20-17-32)61-49(72)44(30(2)3)64-46(69)38(60-43(68)28-56-5)13-9-21-58-53(54)55)50(73)62-40(26-36-27-57-29-59-36)51(74)66-22-10-14-42(66)48(71)63-41(52(75)76)25-33-15-18-34-11-7-8-12-35(34)23-33/h7-8,11-12,15-20,23,27,29-31,38-42,44-45,56,67H,6,9-10,13-14,21-22,24-26,28H2,1-5H3,(H,57,59)(H,60,68)(H,61,72)(H,62,73)(H,63,71)(H,64,69)(H,65,70)(H,75,76)(H4,54,55,58)/t31-,38+,39-,40-,41-,42+,44-,45-/m0/s1. The monoisotopic (exact) mass is 1050 g/mol. The smallest absolute Gasteiger partial charge is 0.326 e. The van der Waals surface area contributed by atoms with Crippen LogP contribution in [-0.2, 0) is 57.6 Å². The van der Waals surface area contributed by atoms with Crippen LogP contribution in [-0.4, -0.2) is 147 Å². The van der Waals surface area contributed by atoms with Crippen molar-refractivity contribution in [1.82, 2.24) is 52.1 Å². The first kappa shape index (κ1) is 58.8. The number of likely N-dealkylation sites (tertiary alicyclic amines) is 1. The summed E-state index contributed by atoms with van der Waals surface area (Å²) < 4.78 is 0. The van der Waals surface area contributed by atoms with E-state index < -0.39 is 101 Å². The van der Waals surface area contributed by atoms with Gasteiger partial charge in [0, 0.05) is 44.2 Å². The zero-order valence-electron chi connectivity index (χ0n) is 43.6. The second-order valence-electron chi connectivity index (χ2n) is 19.4. The number of phenolic OH excluding ortho intramolecular Hbond substituents is 1. The van der Waals surface area contributed by atoms with Gasteiger partial charge in [0.2, 0.25) is 41.4 Å². The molecule has 5 rings (SSSR count). The van der Waals surface area contributed by atoms with Crippen LogP contribution in [0.1, 0.15) is 76.6 Å². The Morgan fingerprint density at radius 3 is 2.05 bits per heavy atom. The van der Waals surface area contributed by atoms with Gasteiger partial charge in [-0.25, -0.2) is 9.78 Å². The number of hydrogen-bond donors (Lipinski definition) is 12. The number of hydrogen-bond acceptors (Lipinski definition) is 12. The summed E-state index contributed by atoms with van der Waals surface area (Å²) in [4.78, 5) is 123. The number of benzene rings is 3. The Morgan fingerprint density at radius 2 is 1.41 bits per heavy atom. The molecular weight excluding hydrogens is 979 g/mol. The molecule has 2 heterocycles. The average Bonchev–Trinajstić information content (AvgIpc) is 4.11. The molecule has 0 spiro atoms. The van der Waals surface area contributed by atoms with E-state index in [1.165, 1.54) is 29.6 Å². The number of imidazole rings is 1. The maximum absolute atomic E-state index is 14.7. The molecule has 0 saturated carbocycles. The number of aromatic nitrogens is 2. The number of carbonyl (C=O) groups excluding carboxylic acids is 7. The summed E-state index contributed by atoms with van der Waals surface area (Å²) in [7, 11) is 1.57. The second-order valence-corrected chi connectivity index (χ2v) is 19.4. The fourth-order valence-electron chi connectivity index (χ4n) is 8.91. The molecule has 23 heteroatoms. The van der Waals surface area contributed by atoms with E-state index in [-0.39, 0.29) is 63.4 Å². The first-order valence-electron chi connectivity index (χ1n) is 25.6. The van der Waals surface area contributed by atoms with Crippen molar-refractivity contribution >= 4 is 64.1 Å². The molecule has 1 aliphatic heterocycles. The number of carboxylic acids is 1. The molecule has 14 N–H and O–H groups in total. The van der Waals surface area contributed by atoms with Crippen LogP contribution in [0.15, 0.2) is 84.2 Å². The Labute approximate surface area is 441 Å². The Balaban J connectivity index is 1.35. The lowest BCUT2D eigenvalue weighted by Gasteiger charge is -2.32. The highest BCUT2D eigenvalue weighted by Crippen LogP contribution is 2.22. The number of amides is 7. The number of phenols is 1. The quantitative estimate of drug-likeness (QED) is 0.0206. The summed E-state index contributed by atoms with van der Waals surface area (Å²) in [6.07, 6.45) is 4.14. The summed E-state index contributed by atoms with van der Waals surface area (Å²) in [6, 6.07) is 10.5. The van der Waals surface area contributed by atoms with Gasteiger partial charge in [-0.2, -0.15) is 0 Å². The molecule has 4 aromatic rings. The highest BCUT2D eigenvalue weighted by molar-refractivity contribution is 5.98. The minimum absolute atomic E-state index is 0.00937. The SMILES string of the molecule is CC[C@H](C)[C@H](NC(=O)[C@H](Cc1ccc(O)cc1)NC(=O)[C@@H](NC(=O)[C@@H](CCCN=C(N)N)NC(=O)CNC)C(C)C)C(=O)N[C@@H](Cc1cnc[nH]1)C(=O)N1CCC[C@@H]1C(=O)N[C@@H](Cc1ccc2ccccc2c1)C(=O)O. The molecule has 8 atom stereocenters. The van der Waals surface area contributed by atoms with Crippen molar-refractivity contribution in [2.45, 2.75) is 121 Å². The van der Waals surface area contributed by atoms with Crippen LogP contribution >= 0.6 is 0 Å². The van der Waals surface area contributed by atoms with Crippen LogP contribution in [0.2, 0.25) is 0 Å². The normalized spacial score (nSPS) is 16.0. The van der Waals surface area contributed by atoms with Gasteiger partial charge in [0.05, 0.1) is 12.9 Å². The number of nitrogens with zero attached hydrogens (tertiary/aromatic N) is 3. The Kier molecular flexibility index (Phi) is 22.1. The van der Waals surface area contributed by atoms with Crippen molar-refractivity contribution < 1.29 is 48.6 Å². The van der Waals surface area contributed by atoms with Crippen LogP contribution < -0.4 is 48.7 Å². The molecule has 1 saturated heterocycles. The predicted octanol–water partition coefficient (Wildman–Crippen LogP) is 0.256. The largest absolute Gasteiger partial charge is 0.508 e. The van der Waals surface area contributed by atoms with E-state index in [0.717, 1.165) is 10.8 Å². The summed E-state index contributed by atoms with van der Waals surface area (Å²) >= 11 is 0. The van der Waals surface area contributed by atoms with Gasteiger partial charge >= 0.3 is 5.97 Å². The number of aliphatic carboxylic acids is 1. The van der Waals surface area contributed by atoms with Crippen molar-refractivity contribution in [2.24, 2.45) is 28.3 Å². The van der Waals surface area contributed by atoms with Crippen molar-refractivity contribution in [3.63, 3.8) is 0 Å². The molecule has 1 aromatic heterocycles. The number of carbonyl (C=O) groups is 8. The molecule has 0 unspecified atom stereocenters. The number of aromatic amines is 1. The number of nitrogens with two attached hydrogens (primary N) is 2. The fourth-order valence-corrected chi connectivity index (χ4v) is 8.91.